The largest absolute Gasteiger partial charge is 0.394 e. The van der Waals surface area contributed by atoms with Crippen molar-refractivity contribution < 1.29 is 14.6 Å². The molecule has 0 radical (unpaired) electrons. The topological polar surface area (TPSA) is 117 Å². The van der Waals surface area contributed by atoms with E-state index in [2.05, 4.69) is 58.5 Å². The number of morpholine rings is 1. The van der Waals surface area contributed by atoms with Gasteiger partial charge in [-0.15, -0.1) is 0 Å². The van der Waals surface area contributed by atoms with Crippen molar-refractivity contribution in [3.05, 3.63) is 140 Å². The molecule has 1 aromatic heterocycles. The first-order valence-electron chi connectivity index (χ1n) is 20.3. The Morgan fingerprint density at radius 1 is 0.741 bits per heavy atom. The summed E-state index contributed by atoms with van der Waals surface area (Å²) in [6.07, 6.45) is 17.6. The number of unbranched alkanes of at least 4 members (excludes halogenated alkanes) is 13. The molecule has 54 heavy (non-hydrogen) atoms. The number of carbonyl (C=O) groups is 1. The van der Waals surface area contributed by atoms with E-state index in [1.807, 2.05) is 54.6 Å². The van der Waals surface area contributed by atoms with Gasteiger partial charge >= 0.3 is 5.69 Å². The standard InChI is InChI=1S/C45H60N4O5/c1-2-3-4-5-6-7-8-9-10-11-12-13-14-24-31-46-42(51)40-33-48(44(53)47-43(40)52)41-35-54-39(34-50)32-49(41)45(36-25-18-15-19-26-36,37-27-20-16-21-28-37)38-29-22-17-23-30-38/h15-23,25-30,33,39,41,50H,2-14,24,31-32,34-35H2,1H3,(H,46,51)(H,47,52,53)/t39-,41?/m0/s1. The Morgan fingerprint density at radius 3 is 1.67 bits per heavy atom. The molecule has 9 heteroatoms. The first-order chi connectivity index (χ1) is 26.5. The highest BCUT2D eigenvalue weighted by Crippen LogP contribution is 2.46. The molecular weight excluding hydrogens is 677 g/mol. The molecule has 5 rings (SSSR count). The molecule has 1 aliphatic heterocycles. The third kappa shape index (κ3) is 10.5. The molecule has 4 aromatic rings. The highest BCUT2D eigenvalue weighted by molar-refractivity contribution is 5.93. The van der Waals surface area contributed by atoms with Gasteiger partial charge in [-0.3, -0.25) is 24.0 Å². The van der Waals surface area contributed by atoms with E-state index in [4.69, 9.17) is 4.74 Å². The third-order valence-corrected chi connectivity index (χ3v) is 10.8. The van der Waals surface area contributed by atoms with E-state index in [1.54, 1.807) is 0 Å². The molecule has 3 N–H and O–H groups in total. The number of aromatic amines is 1. The van der Waals surface area contributed by atoms with E-state index >= 15 is 0 Å². The summed E-state index contributed by atoms with van der Waals surface area (Å²) in [6, 6.07) is 30.2. The second-order valence-electron chi connectivity index (χ2n) is 14.6. The SMILES string of the molecule is CCCCCCCCCCCCCCCCNC(=O)c1cn(C2CO[C@H](CO)CN2C(c2ccccc2)(c2ccccc2)c2ccccc2)c(=O)[nH]c1=O. The van der Waals surface area contributed by atoms with Crippen LogP contribution in [0.25, 0.3) is 0 Å². The number of hydrogen-bond acceptors (Lipinski definition) is 6. The molecule has 290 valence electrons. The second kappa shape index (κ2) is 21.5. The van der Waals surface area contributed by atoms with Crippen molar-refractivity contribution in [2.75, 3.05) is 26.3 Å². The van der Waals surface area contributed by atoms with E-state index in [0.717, 1.165) is 36.0 Å². The van der Waals surface area contributed by atoms with Gasteiger partial charge in [0.15, 0.2) is 0 Å². The molecule has 0 spiro atoms. The quantitative estimate of drug-likeness (QED) is 0.0558. The Kier molecular flexibility index (Phi) is 16.3. The summed E-state index contributed by atoms with van der Waals surface area (Å²) in [5, 5.41) is 13.3. The first-order valence-corrected chi connectivity index (χ1v) is 20.3. The van der Waals surface area contributed by atoms with E-state index in [-0.39, 0.29) is 25.3 Å². The maximum absolute atomic E-state index is 13.7. The molecule has 0 saturated carbocycles. The van der Waals surface area contributed by atoms with Crippen molar-refractivity contribution in [2.24, 2.45) is 0 Å². The minimum Gasteiger partial charge on any atom is -0.394 e. The lowest BCUT2D eigenvalue weighted by molar-refractivity contribution is -0.129. The monoisotopic (exact) mass is 736 g/mol. The number of nitrogens with zero attached hydrogens (tertiary/aromatic N) is 2. The highest BCUT2D eigenvalue weighted by Gasteiger charge is 2.48. The molecule has 1 fully saturated rings. The van der Waals surface area contributed by atoms with Crippen molar-refractivity contribution in [1.82, 2.24) is 19.8 Å². The number of amides is 1. The molecule has 0 bridgehead atoms. The number of hydrogen-bond donors (Lipinski definition) is 3. The number of rotatable bonds is 22. The number of benzene rings is 3. The van der Waals surface area contributed by atoms with Crippen LogP contribution in [0.4, 0.5) is 0 Å². The van der Waals surface area contributed by atoms with Crippen molar-refractivity contribution >= 4 is 5.91 Å². The number of aliphatic hydroxyl groups excluding tert-OH is 1. The summed E-state index contributed by atoms with van der Waals surface area (Å²) < 4.78 is 7.53. The van der Waals surface area contributed by atoms with E-state index in [0.29, 0.717) is 6.54 Å². The molecule has 1 unspecified atom stereocenters. The average Bonchev–Trinajstić information content (AvgIpc) is 3.21. The summed E-state index contributed by atoms with van der Waals surface area (Å²) in [4.78, 5) is 44.8. The Balaban J connectivity index is 1.30. The van der Waals surface area contributed by atoms with Crippen LogP contribution in [0.15, 0.2) is 107 Å². The van der Waals surface area contributed by atoms with Gasteiger partial charge in [-0.1, -0.05) is 181 Å². The minimum absolute atomic E-state index is 0.0333. The van der Waals surface area contributed by atoms with Gasteiger partial charge in [0, 0.05) is 19.3 Å². The zero-order valence-corrected chi connectivity index (χ0v) is 32.1. The maximum Gasteiger partial charge on any atom is 0.329 e. The maximum atomic E-state index is 13.7. The van der Waals surface area contributed by atoms with Gasteiger partial charge in [0.05, 0.1) is 24.9 Å². The van der Waals surface area contributed by atoms with E-state index in [9.17, 15) is 19.5 Å². The van der Waals surface area contributed by atoms with Gasteiger partial charge in [-0.05, 0) is 23.1 Å². The molecular formula is C45H60N4O5. The Labute approximate surface area is 320 Å². The van der Waals surface area contributed by atoms with Crippen LogP contribution in [0.2, 0.25) is 0 Å². The van der Waals surface area contributed by atoms with Gasteiger partial charge in [-0.25, -0.2) is 4.79 Å². The molecule has 0 aliphatic carbocycles. The number of H-pyrrole nitrogens is 1. The average molecular weight is 737 g/mol. The van der Waals surface area contributed by atoms with Crippen LogP contribution >= 0.6 is 0 Å². The van der Waals surface area contributed by atoms with Gasteiger partial charge in [0.25, 0.3) is 11.5 Å². The normalized spacial score (nSPS) is 16.3. The summed E-state index contributed by atoms with van der Waals surface area (Å²) >= 11 is 0. The van der Waals surface area contributed by atoms with Crippen molar-refractivity contribution in [3.8, 4) is 0 Å². The number of ether oxygens (including phenoxy) is 1. The lowest BCUT2D eigenvalue weighted by Gasteiger charge is -2.52. The molecule has 2 heterocycles. The van der Waals surface area contributed by atoms with Crippen molar-refractivity contribution in [2.45, 2.75) is 115 Å². The van der Waals surface area contributed by atoms with Crippen LogP contribution in [0.1, 0.15) is 130 Å². The lowest BCUT2D eigenvalue weighted by atomic mass is 9.74. The lowest BCUT2D eigenvalue weighted by Crippen LogP contribution is -2.60. The third-order valence-electron chi connectivity index (χ3n) is 10.8. The number of nitrogens with one attached hydrogen (secondary N) is 2. The van der Waals surface area contributed by atoms with E-state index < -0.39 is 35.0 Å². The predicted octanol–water partition coefficient (Wildman–Crippen LogP) is 7.93. The molecule has 9 nitrogen and oxygen atoms in total. The highest BCUT2D eigenvalue weighted by atomic mass is 16.5. The Hall–Kier alpha value is -4.31. The molecule has 3 aromatic carbocycles. The Morgan fingerprint density at radius 2 is 1.20 bits per heavy atom. The van der Waals surface area contributed by atoms with Gasteiger partial charge in [0.1, 0.15) is 11.7 Å². The molecule has 1 amide bonds. The number of aliphatic hydroxyl groups is 1. The fourth-order valence-corrected chi connectivity index (χ4v) is 7.93. The Bertz CT molecular complexity index is 1700. The van der Waals surface area contributed by atoms with Crippen LogP contribution in [-0.4, -0.2) is 57.9 Å². The molecule has 1 saturated heterocycles. The number of carbonyl (C=O) groups excluding carboxylic acids is 1. The summed E-state index contributed by atoms with van der Waals surface area (Å²) in [6.45, 7) is 2.78. The van der Waals surface area contributed by atoms with Crippen LogP contribution in [-0.2, 0) is 10.3 Å². The predicted molar refractivity (Wildman–Crippen MR) is 216 cm³/mol. The van der Waals surface area contributed by atoms with Gasteiger partial charge in [0.2, 0.25) is 0 Å². The fourth-order valence-electron chi connectivity index (χ4n) is 7.93. The summed E-state index contributed by atoms with van der Waals surface area (Å²) in [5.74, 6) is -0.517. The molecule has 2 atom stereocenters. The van der Waals surface area contributed by atoms with Crippen LogP contribution in [0, 0.1) is 0 Å². The summed E-state index contributed by atoms with van der Waals surface area (Å²) in [7, 11) is 0. The smallest absolute Gasteiger partial charge is 0.329 e. The van der Waals surface area contributed by atoms with Crippen molar-refractivity contribution in [1.29, 1.82) is 0 Å². The first kappa shape index (κ1) is 40.9. The van der Waals surface area contributed by atoms with Crippen LogP contribution in [0.5, 0.6) is 0 Å². The van der Waals surface area contributed by atoms with E-state index in [1.165, 1.54) is 81.4 Å². The van der Waals surface area contributed by atoms with Gasteiger partial charge < -0.3 is 15.2 Å². The minimum atomic E-state index is -0.947. The molecule has 1 aliphatic rings. The fraction of sp³-hybridized carbons (Fsp3) is 0.489. The van der Waals surface area contributed by atoms with Gasteiger partial charge in [-0.2, -0.15) is 0 Å². The zero-order valence-electron chi connectivity index (χ0n) is 32.1. The van der Waals surface area contributed by atoms with Crippen LogP contribution < -0.4 is 16.6 Å². The van der Waals surface area contributed by atoms with Crippen molar-refractivity contribution in [3.63, 3.8) is 0 Å². The second-order valence-corrected chi connectivity index (χ2v) is 14.6. The number of aromatic nitrogens is 2. The van der Waals surface area contributed by atoms with Crippen LogP contribution in [0.3, 0.4) is 0 Å². The zero-order chi connectivity index (χ0) is 38.0. The summed E-state index contributed by atoms with van der Waals surface area (Å²) in [5.41, 5.74) is 0.407.